The minimum Gasteiger partial charge on any atom is -0.481 e. The van der Waals surface area contributed by atoms with Crippen molar-refractivity contribution in [3.63, 3.8) is 0 Å². The molecule has 4 rings (SSSR count). The van der Waals surface area contributed by atoms with Crippen molar-refractivity contribution in [2.75, 3.05) is 43.1 Å². The second kappa shape index (κ2) is 7.85. The van der Waals surface area contributed by atoms with Gasteiger partial charge < -0.3 is 14.4 Å². The van der Waals surface area contributed by atoms with E-state index in [1.54, 1.807) is 0 Å². The molecule has 27 heavy (non-hydrogen) atoms. The minimum atomic E-state index is -0.285. The smallest absolute Gasteiger partial charge is 0.264 e. The van der Waals surface area contributed by atoms with Gasteiger partial charge in [0.15, 0.2) is 6.61 Å². The van der Waals surface area contributed by atoms with Crippen molar-refractivity contribution in [1.29, 1.82) is 0 Å². The third-order valence-corrected chi connectivity index (χ3v) is 4.89. The summed E-state index contributed by atoms with van der Waals surface area (Å²) < 4.78 is 11.1. The fourth-order valence-electron chi connectivity index (χ4n) is 2.84. The SMILES string of the molecule is Cc1nnc(NC(=O)COc2cccc3ccc(N4CCOCC4)nc23)s1. The number of ether oxygens (including phenoxy) is 2. The lowest BCUT2D eigenvalue weighted by molar-refractivity contribution is -0.118. The molecule has 2 aromatic heterocycles. The maximum Gasteiger partial charge on any atom is 0.264 e. The molecule has 0 aliphatic carbocycles. The number of hydrogen-bond acceptors (Lipinski definition) is 8. The first-order chi connectivity index (χ1) is 13.2. The molecule has 0 saturated carbocycles. The summed E-state index contributed by atoms with van der Waals surface area (Å²) in [5.41, 5.74) is 0.737. The number of rotatable bonds is 5. The van der Waals surface area contributed by atoms with Crippen LogP contribution in [0.5, 0.6) is 5.75 Å². The quantitative estimate of drug-likeness (QED) is 0.720. The van der Waals surface area contributed by atoms with Crippen LogP contribution in [-0.4, -0.2) is 54.0 Å². The number of fused-ring (bicyclic) bond motifs is 1. The standard InChI is InChI=1S/C18H19N5O3S/c1-12-21-22-18(27-12)20-16(24)11-26-14-4-2-3-13-5-6-15(19-17(13)14)23-7-9-25-10-8-23/h2-6H,7-11H2,1H3,(H,20,22,24). The zero-order valence-corrected chi connectivity index (χ0v) is 15.7. The summed E-state index contributed by atoms with van der Waals surface area (Å²) in [5, 5.41) is 12.7. The normalized spacial score (nSPS) is 14.3. The number of amides is 1. The van der Waals surface area contributed by atoms with Crippen LogP contribution in [0, 0.1) is 6.92 Å². The Balaban J connectivity index is 1.49. The van der Waals surface area contributed by atoms with Crippen LogP contribution >= 0.6 is 11.3 Å². The Morgan fingerprint density at radius 2 is 2.11 bits per heavy atom. The molecule has 8 nitrogen and oxygen atoms in total. The van der Waals surface area contributed by atoms with Gasteiger partial charge >= 0.3 is 0 Å². The molecule has 1 fully saturated rings. The van der Waals surface area contributed by atoms with E-state index in [0.717, 1.165) is 34.8 Å². The van der Waals surface area contributed by atoms with Gasteiger partial charge in [0.25, 0.3) is 5.91 Å². The number of pyridine rings is 1. The lowest BCUT2D eigenvalue weighted by atomic mass is 10.2. The van der Waals surface area contributed by atoms with E-state index in [4.69, 9.17) is 14.5 Å². The van der Waals surface area contributed by atoms with Gasteiger partial charge in [0.2, 0.25) is 5.13 Å². The third kappa shape index (κ3) is 4.15. The predicted octanol–water partition coefficient (Wildman–Crippen LogP) is 2.25. The Morgan fingerprint density at radius 1 is 1.26 bits per heavy atom. The number of carbonyl (C=O) groups excluding carboxylic acids is 1. The molecule has 9 heteroatoms. The molecule has 1 aromatic carbocycles. The van der Waals surface area contributed by atoms with Crippen LogP contribution in [0.25, 0.3) is 10.9 Å². The van der Waals surface area contributed by atoms with Crippen LogP contribution in [0.1, 0.15) is 5.01 Å². The monoisotopic (exact) mass is 385 g/mol. The number of para-hydroxylation sites is 1. The molecule has 3 aromatic rings. The van der Waals surface area contributed by atoms with Crippen LogP contribution < -0.4 is 15.0 Å². The average molecular weight is 385 g/mol. The molecule has 0 radical (unpaired) electrons. The molecule has 1 aliphatic heterocycles. The van der Waals surface area contributed by atoms with Crippen molar-refractivity contribution < 1.29 is 14.3 Å². The van der Waals surface area contributed by atoms with Gasteiger partial charge in [-0.15, -0.1) is 10.2 Å². The summed E-state index contributed by atoms with van der Waals surface area (Å²) in [5.74, 6) is 1.18. The van der Waals surface area contributed by atoms with E-state index in [2.05, 4.69) is 20.4 Å². The Bertz CT molecular complexity index is 955. The van der Waals surface area contributed by atoms with Crippen molar-refractivity contribution >= 4 is 39.1 Å². The molecular formula is C18H19N5O3S. The summed E-state index contributed by atoms with van der Waals surface area (Å²) in [6, 6.07) is 9.70. The minimum absolute atomic E-state index is 0.124. The molecule has 0 unspecified atom stereocenters. The zero-order chi connectivity index (χ0) is 18.6. The van der Waals surface area contributed by atoms with Crippen LogP contribution in [0.3, 0.4) is 0 Å². The number of aromatic nitrogens is 3. The van der Waals surface area contributed by atoms with Gasteiger partial charge in [-0.25, -0.2) is 4.98 Å². The highest BCUT2D eigenvalue weighted by molar-refractivity contribution is 7.15. The molecule has 0 bridgehead atoms. The molecule has 1 aliphatic rings. The fraction of sp³-hybridized carbons (Fsp3) is 0.333. The maximum absolute atomic E-state index is 12.1. The topological polar surface area (TPSA) is 89.5 Å². The summed E-state index contributed by atoms with van der Waals surface area (Å²) in [4.78, 5) is 19.0. The van der Waals surface area contributed by atoms with Crippen molar-refractivity contribution in [2.45, 2.75) is 6.92 Å². The number of anilines is 2. The first-order valence-electron chi connectivity index (χ1n) is 8.64. The van der Waals surface area contributed by atoms with E-state index >= 15 is 0 Å². The van der Waals surface area contributed by atoms with E-state index in [-0.39, 0.29) is 12.5 Å². The van der Waals surface area contributed by atoms with Gasteiger partial charge in [0, 0.05) is 18.5 Å². The van der Waals surface area contributed by atoms with Crippen LogP contribution in [0.2, 0.25) is 0 Å². The molecule has 140 valence electrons. The highest BCUT2D eigenvalue weighted by atomic mass is 32.1. The largest absolute Gasteiger partial charge is 0.481 e. The molecule has 1 amide bonds. The average Bonchev–Trinajstić information content (AvgIpc) is 3.11. The van der Waals surface area contributed by atoms with E-state index in [0.29, 0.717) is 24.1 Å². The van der Waals surface area contributed by atoms with E-state index in [1.165, 1.54) is 11.3 Å². The second-order valence-electron chi connectivity index (χ2n) is 6.06. The van der Waals surface area contributed by atoms with E-state index in [9.17, 15) is 4.79 Å². The van der Waals surface area contributed by atoms with Gasteiger partial charge in [-0.3, -0.25) is 10.1 Å². The Morgan fingerprint density at radius 3 is 2.89 bits per heavy atom. The molecule has 0 atom stereocenters. The first-order valence-corrected chi connectivity index (χ1v) is 9.46. The Kier molecular flexibility index (Phi) is 5.12. The summed E-state index contributed by atoms with van der Waals surface area (Å²) in [6.07, 6.45) is 0. The summed E-state index contributed by atoms with van der Waals surface area (Å²) in [7, 11) is 0. The maximum atomic E-state index is 12.1. The highest BCUT2D eigenvalue weighted by Crippen LogP contribution is 2.27. The Labute approximate surface area is 160 Å². The van der Waals surface area contributed by atoms with Gasteiger partial charge in [-0.1, -0.05) is 23.5 Å². The lowest BCUT2D eigenvalue weighted by Crippen LogP contribution is -2.36. The number of nitrogens with one attached hydrogen (secondary N) is 1. The zero-order valence-electron chi connectivity index (χ0n) is 14.8. The van der Waals surface area contributed by atoms with Crippen molar-refractivity contribution in [3.8, 4) is 5.75 Å². The van der Waals surface area contributed by atoms with Crippen molar-refractivity contribution in [2.24, 2.45) is 0 Å². The van der Waals surface area contributed by atoms with Crippen molar-refractivity contribution in [3.05, 3.63) is 35.3 Å². The van der Waals surface area contributed by atoms with Crippen LogP contribution in [0.4, 0.5) is 10.9 Å². The molecule has 1 N–H and O–H groups in total. The van der Waals surface area contributed by atoms with Crippen LogP contribution in [-0.2, 0) is 9.53 Å². The number of hydrogen-bond donors (Lipinski definition) is 1. The summed E-state index contributed by atoms with van der Waals surface area (Å²) in [6.45, 7) is 4.72. The highest BCUT2D eigenvalue weighted by Gasteiger charge is 2.15. The van der Waals surface area contributed by atoms with E-state index < -0.39 is 0 Å². The lowest BCUT2D eigenvalue weighted by Gasteiger charge is -2.28. The first kappa shape index (κ1) is 17.6. The van der Waals surface area contributed by atoms with Gasteiger partial charge in [0.1, 0.15) is 22.1 Å². The Hall–Kier alpha value is -2.78. The number of benzene rings is 1. The number of carbonyl (C=O) groups is 1. The van der Waals surface area contributed by atoms with Gasteiger partial charge in [-0.05, 0) is 25.1 Å². The molecule has 0 spiro atoms. The van der Waals surface area contributed by atoms with Gasteiger partial charge in [0.05, 0.1) is 13.2 Å². The number of aryl methyl sites for hydroxylation is 1. The van der Waals surface area contributed by atoms with Crippen LogP contribution in [0.15, 0.2) is 30.3 Å². The summed E-state index contributed by atoms with van der Waals surface area (Å²) >= 11 is 1.32. The fourth-order valence-corrected chi connectivity index (χ4v) is 3.45. The number of nitrogens with zero attached hydrogens (tertiary/aromatic N) is 4. The third-order valence-electron chi connectivity index (χ3n) is 4.13. The molecular weight excluding hydrogens is 366 g/mol. The van der Waals surface area contributed by atoms with Gasteiger partial charge in [-0.2, -0.15) is 0 Å². The van der Waals surface area contributed by atoms with Crippen molar-refractivity contribution in [1.82, 2.24) is 15.2 Å². The number of morpholine rings is 1. The predicted molar refractivity (Wildman–Crippen MR) is 104 cm³/mol. The molecule has 1 saturated heterocycles. The van der Waals surface area contributed by atoms with E-state index in [1.807, 2.05) is 37.3 Å². The second-order valence-corrected chi connectivity index (χ2v) is 7.24. The molecule has 3 heterocycles.